The third kappa shape index (κ3) is 5.19. The first-order valence-electron chi connectivity index (χ1n) is 4.74. The molecule has 2 nitrogen and oxygen atoms in total. The number of alkyl halides is 1. The van der Waals surface area contributed by atoms with Gasteiger partial charge in [-0.1, -0.05) is 29.8 Å². The van der Waals surface area contributed by atoms with Crippen molar-refractivity contribution in [2.75, 3.05) is 12.0 Å². The zero-order valence-electron chi connectivity index (χ0n) is 8.90. The summed E-state index contributed by atoms with van der Waals surface area (Å²) in [5.74, 6) is 0.0303. The van der Waals surface area contributed by atoms with Crippen molar-refractivity contribution >= 4 is 21.4 Å². The Hall–Kier alpha value is -0.540. The van der Waals surface area contributed by atoms with Crippen LogP contribution in [0.3, 0.4) is 0 Å². The highest BCUT2D eigenvalue weighted by Crippen LogP contribution is 2.11. The lowest BCUT2D eigenvalue weighted by Crippen LogP contribution is -2.17. The molecule has 0 heterocycles. The van der Waals surface area contributed by atoms with Crippen molar-refractivity contribution < 1.29 is 8.42 Å². The van der Waals surface area contributed by atoms with Crippen molar-refractivity contribution in [3.63, 3.8) is 0 Å². The summed E-state index contributed by atoms with van der Waals surface area (Å²) in [4.78, 5) is 0. The van der Waals surface area contributed by atoms with E-state index in [1.807, 2.05) is 31.2 Å². The van der Waals surface area contributed by atoms with Gasteiger partial charge < -0.3 is 0 Å². The van der Waals surface area contributed by atoms with Crippen LogP contribution in [0.2, 0.25) is 0 Å². The summed E-state index contributed by atoms with van der Waals surface area (Å²) in [6, 6.07) is 7.94. The monoisotopic (exact) mass is 246 g/mol. The Morgan fingerprint density at radius 2 is 2.07 bits per heavy atom. The van der Waals surface area contributed by atoms with E-state index in [1.165, 1.54) is 6.26 Å². The van der Waals surface area contributed by atoms with Gasteiger partial charge in [0.25, 0.3) is 0 Å². The van der Waals surface area contributed by atoms with Crippen LogP contribution in [0.1, 0.15) is 11.1 Å². The van der Waals surface area contributed by atoms with Gasteiger partial charge in [-0.05, 0) is 18.9 Å². The van der Waals surface area contributed by atoms with Crippen molar-refractivity contribution in [2.24, 2.45) is 0 Å². The predicted molar refractivity (Wildman–Crippen MR) is 64.2 cm³/mol. The Morgan fingerprint density at radius 1 is 1.40 bits per heavy atom. The fourth-order valence-electron chi connectivity index (χ4n) is 1.48. The number of benzene rings is 1. The lowest BCUT2D eigenvalue weighted by atomic mass is 10.1. The Balaban J connectivity index is 2.63. The molecule has 0 saturated carbocycles. The zero-order chi connectivity index (χ0) is 11.5. The first kappa shape index (κ1) is 12.5. The SMILES string of the molecule is Cc1cccc(CC(Cl)CS(C)(=O)=O)c1. The Kier molecular flexibility index (Phi) is 4.17. The van der Waals surface area contributed by atoms with Crippen LogP contribution in [0.25, 0.3) is 0 Å². The van der Waals surface area contributed by atoms with Crippen LogP contribution < -0.4 is 0 Å². The first-order chi connectivity index (χ1) is 6.87. The summed E-state index contributed by atoms with van der Waals surface area (Å²) < 4.78 is 22.0. The van der Waals surface area contributed by atoms with Crippen LogP contribution in [0.4, 0.5) is 0 Å². The van der Waals surface area contributed by atoms with Crippen LogP contribution in [-0.4, -0.2) is 25.8 Å². The normalized spacial score (nSPS) is 13.8. The molecule has 0 aromatic heterocycles. The fourth-order valence-corrected chi connectivity index (χ4v) is 3.12. The van der Waals surface area contributed by atoms with E-state index in [2.05, 4.69) is 0 Å². The van der Waals surface area contributed by atoms with Gasteiger partial charge in [-0.3, -0.25) is 0 Å². The number of rotatable bonds is 4. The van der Waals surface area contributed by atoms with Crippen molar-refractivity contribution in [3.05, 3.63) is 35.4 Å². The largest absolute Gasteiger partial charge is 0.229 e. The maximum absolute atomic E-state index is 11.0. The van der Waals surface area contributed by atoms with Crippen LogP contribution >= 0.6 is 11.6 Å². The minimum atomic E-state index is -2.99. The predicted octanol–water partition coefficient (Wildman–Crippen LogP) is 2.19. The van der Waals surface area contributed by atoms with Crippen molar-refractivity contribution in [2.45, 2.75) is 18.7 Å². The maximum atomic E-state index is 11.0. The molecule has 0 aliphatic heterocycles. The molecule has 0 fully saturated rings. The molecule has 1 unspecified atom stereocenters. The number of sulfone groups is 1. The van der Waals surface area contributed by atoms with E-state index in [4.69, 9.17) is 11.6 Å². The molecule has 0 amide bonds. The van der Waals surface area contributed by atoms with E-state index in [-0.39, 0.29) is 11.1 Å². The minimum Gasteiger partial charge on any atom is -0.229 e. The molecule has 4 heteroatoms. The Labute approximate surface area is 96.2 Å². The van der Waals surface area contributed by atoms with E-state index >= 15 is 0 Å². The lowest BCUT2D eigenvalue weighted by Gasteiger charge is -2.08. The molecule has 0 saturated heterocycles. The topological polar surface area (TPSA) is 34.1 Å². The second-order valence-electron chi connectivity index (χ2n) is 3.88. The zero-order valence-corrected chi connectivity index (χ0v) is 10.5. The average Bonchev–Trinajstić information content (AvgIpc) is 1.99. The Morgan fingerprint density at radius 3 is 2.60 bits per heavy atom. The fraction of sp³-hybridized carbons (Fsp3) is 0.455. The molecule has 1 atom stereocenters. The second kappa shape index (κ2) is 4.99. The molecule has 0 N–H and O–H groups in total. The Bertz CT molecular complexity index is 426. The van der Waals surface area contributed by atoms with E-state index in [9.17, 15) is 8.42 Å². The van der Waals surface area contributed by atoms with E-state index < -0.39 is 9.84 Å². The van der Waals surface area contributed by atoms with E-state index in [1.54, 1.807) is 0 Å². The van der Waals surface area contributed by atoms with Crippen molar-refractivity contribution in [1.29, 1.82) is 0 Å². The quantitative estimate of drug-likeness (QED) is 0.764. The third-order valence-corrected chi connectivity index (χ3v) is 3.52. The summed E-state index contributed by atoms with van der Waals surface area (Å²) in [7, 11) is -2.99. The molecule has 15 heavy (non-hydrogen) atoms. The van der Waals surface area contributed by atoms with E-state index in [0.29, 0.717) is 6.42 Å². The summed E-state index contributed by atoms with van der Waals surface area (Å²) in [6.45, 7) is 2.00. The van der Waals surface area contributed by atoms with Gasteiger partial charge in [0.2, 0.25) is 0 Å². The third-order valence-electron chi connectivity index (χ3n) is 2.02. The maximum Gasteiger partial charge on any atom is 0.148 e. The van der Waals surface area contributed by atoms with Gasteiger partial charge in [-0.2, -0.15) is 0 Å². The highest BCUT2D eigenvalue weighted by Gasteiger charge is 2.12. The molecular weight excluding hydrogens is 232 g/mol. The molecule has 0 aliphatic rings. The highest BCUT2D eigenvalue weighted by molar-refractivity contribution is 7.90. The summed E-state index contributed by atoms with van der Waals surface area (Å²) in [5.41, 5.74) is 2.24. The van der Waals surface area contributed by atoms with Crippen molar-refractivity contribution in [1.82, 2.24) is 0 Å². The number of aryl methyl sites for hydroxylation is 1. The van der Waals surface area contributed by atoms with Gasteiger partial charge in [-0.15, -0.1) is 11.6 Å². The highest BCUT2D eigenvalue weighted by atomic mass is 35.5. The average molecular weight is 247 g/mol. The van der Waals surface area contributed by atoms with Gasteiger partial charge in [0.05, 0.1) is 11.1 Å². The van der Waals surface area contributed by atoms with Gasteiger partial charge in [0.15, 0.2) is 0 Å². The molecule has 0 aliphatic carbocycles. The number of halogens is 1. The molecule has 0 radical (unpaired) electrons. The molecule has 1 aromatic carbocycles. The van der Waals surface area contributed by atoms with Crippen molar-refractivity contribution in [3.8, 4) is 0 Å². The minimum absolute atomic E-state index is 0.0303. The van der Waals surface area contributed by atoms with E-state index in [0.717, 1.165) is 11.1 Å². The van der Waals surface area contributed by atoms with Crippen LogP contribution in [-0.2, 0) is 16.3 Å². The molecule has 0 spiro atoms. The van der Waals surface area contributed by atoms with Gasteiger partial charge in [0, 0.05) is 6.26 Å². The second-order valence-corrected chi connectivity index (χ2v) is 6.68. The first-order valence-corrected chi connectivity index (χ1v) is 7.24. The van der Waals surface area contributed by atoms with Crippen LogP contribution in [0.15, 0.2) is 24.3 Å². The van der Waals surface area contributed by atoms with Crippen LogP contribution in [0, 0.1) is 6.92 Å². The molecule has 84 valence electrons. The van der Waals surface area contributed by atoms with Gasteiger partial charge in [0.1, 0.15) is 9.84 Å². The smallest absolute Gasteiger partial charge is 0.148 e. The standard InChI is InChI=1S/C11H15ClO2S/c1-9-4-3-5-10(6-9)7-11(12)8-15(2,13)14/h3-6,11H,7-8H2,1-2H3. The number of hydrogen-bond acceptors (Lipinski definition) is 2. The van der Waals surface area contributed by atoms with Gasteiger partial charge in [-0.25, -0.2) is 8.42 Å². The molecule has 1 aromatic rings. The summed E-state index contributed by atoms with van der Waals surface area (Å²) >= 11 is 5.97. The molecular formula is C11H15ClO2S. The summed E-state index contributed by atoms with van der Waals surface area (Å²) in [6.07, 6.45) is 1.80. The molecule has 0 bridgehead atoms. The molecule has 1 rings (SSSR count). The van der Waals surface area contributed by atoms with Gasteiger partial charge >= 0.3 is 0 Å². The number of hydrogen-bond donors (Lipinski definition) is 0. The lowest BCUT2D eigenvalue weighted by molar-refractivity contribution is 0.599. The van der Waals surface area contributed by atoms with Crippen LogP contribution in [0.5, 0.6) is 0 Å². The summed E-state index contributed by atoms with van der Waals surface area (Å²) in [5, 5.41) is -0.346.